The van der Waals surface area contributed by atoms with E-state index in [1.54, 1.807) is 19.1 Å². The van der Waals surface area contributed by atoms with E-state index in [1.165, 1.54) is 0 Å². The lowest BCUT2D eigenvalue weighted by molar-refractivity contribution is -0.119. The predicted octanol–water partition coefficient (Wildman–Crippen LogP) is 1.86. The van der Waals surface area contributed by atoms with Crippen LogP contribution in [0.5, 0.6) is 11.6 Å². The molecule has 1 amide bonds. The molecule has 0 aliphatic rings. The normalized spacial score (nSPS) is 11.8. The van der Waals surface area contributed by atoms with Gasteiger partial charge in [0.1, 0.15) is 5.75 Å². The molecule has 0 saturated heterocycles. The van der Waals surface area contributed by atoms with E-state index in [1.807, 2.05) is 30.3 Å². The van der Waals surface area contributed by atoms with Gasteiger partial charge in [0.2, 0.25) is 11.8 Å². The fraction of sp³-hybridized carbons (Fsp3) is 0.154. The van der Waals surface area contributed by atoms with E-state index in [4.69, 9.17) is 10.5 Å². The summed E-state index contributed by atoms with van der Waals surface area (Å²) in [6.45, 7) is 1.68. The molecule has 5 heteroatoms. The number of rotatable bonds is 4. The summed E-state index contributed by atoms with van der Waals surface area (Å²) in [6.07, 6.45) is 0. The number of carbonyl (C=O) groups is 1. The molecule has 0 aliphatic heterocycles. The molecule has 0 radical (unpaired) electrons. The Morgan fingerprint density at radius 3 is 2.44 bits per heavy atom. The first-order valence-corrected chi connectivity index (χ1v) is 5.52. The number of ether oxygens (including phenoxy) is 1. The van der Waals surface area contributed by atoms with Crippen LogP contribution in [-0.4, -0.2) is 16.1 Å². The molecule has 1 aromatic heterocycles. The van der Waals surface area contributed by atoms with Gasteiger partial charge in [-0.2, -0.15) is 5.10 Å². The van der Waals surface area contributed by atoms with Crippen molar-refractivity contribution in [2.24, 2.45) is 5.73 Å². The van der Waals surface area contributed by atoms with Crippen LogP contribution in [0.15, 0.2) is 42.5 Å². The topological polar surface area (TPSA) is 78.1 Å². The molecule has 5 nitrogen and oxygen atoms in total. The molecule has 2 rings (SSSR count). The van der Waals surface area contributed by atoms with Crippen molar-refractivity contribution in [1.29, 1.82) is 0 Å². The number of para-hydroxylation sites is 1. The summed E-state index contributed by atoms with van der Waals surface area (Å²) in [7, 11) is 0. The predicted molar refractivity (Wildman–Crippen MR) is 66.2 cm³/mol. The van der Waals surface area contributed by atoms with Gasteiger partial charge in [0.25, 0.3) is 0 Å². The summed E-state index contributed by atoms with van der Waals surface area (Å²) in [5.74, 6) is 0.174. The maximum atomic E-state index is 11.0. The Labute approximate surface area is 105 Å². The zero-order valence-electron chi connectivity index (χ0n) is 9.91. The van der Waals surface area contributed by atoms with E-state index in [0.29, 0.717) is 17.3 Å². The monoisotopic (exact) mass is 243 g/mol. The molecule has 1 unspecified atom stereocenters. The quantitative estimate of drug-likeness (QED) is 0.888. The molecule has 1 atom stereocenters. The third kappa shape index (κ3) is 2.82. The van der Waals surface area contributed by atoms with Gasteiger partial charge >= 0.3 is 0 Å². The average molecular weight is 243 g/mol. The van der Waals surface area contributed by atoms with E-state index >= 15 is 0 Å². The number of amides is 1. The Morgan fingerprint density at radius 2 is 1.89 bits per heavy atom. The van der Waals surface area contributed by atoms with Gasteiger partial charge in [-0.05, 0) is 25.1 Å². The number of benzene rings is 1. The summed E-state index contributed by atoms with van der Waals surface area (Å²) in [5, 5.41) is 7.82. The molecular weight excluding hydrogens is 230 g/mol. The number of nitrogens with zero attached hydrogens (tertiary/aromatic N) is 2. The van der Waals surface area contributed by atoms with E-state index in [9.17, 15) is 4.79 Å². The molecule has 92 valence electrons. The first kappa shape index (κ1) is 12.0. The van der Waals surface area contributed by atoms with Crippen LogP contribution in [0.25, 0.3) is 0 Å². The molecule has 0 fully saturated rings. The number of carbonyl (C=O) groups excluding carboxylic acids is 1. The largest absolute Gasteiger partial charge is 0.438 e. The summed E-state index contributed by atoms with van der Waals surface area (Å²) < 4.78 is 5.48. The van der Waals surface area contributed by atoms with Gasteiger partial charge in [-0.1, -0.05) is 18.2 Å². The van der Waals surface area contributed by atoms with Crippen LogP contribution in [0.2, 0.25) is 0 Å². The third-order valence-corrected chi connectivity index (χ3v) is 2.50. The van der Waals surface area contributed by atoms with E-state index in [-0.39, 0.29) is 0 Å². The third-order valence-electron chi connectivity index (χ3n) is 2.50. The smallest absolute Gasteiger partial charge is 0.238 e. The fourth-order valence-corrected chi connectivity index (χ4v) is 1.37. The van der Waals surface area contributed by atoms with Crippen molar-refractivity contribution in [2.45, 2.75) is 12.8 Å². The van der Waals surface area contributed by atoms with E-state index in [2.05, 4.69) is 10.2 Å². The molecule has 0 spiro atoms. The Kier molecular flexibility index (Phi) is 3.52. The van der Waals surface area contributed by atoms with Crippen LogP contribution >= 0.6 is 0 Å². The first-order valence-electron chi connectivity index (χ1n) is 5.52. The zero-order chi connectivity index (χ0) is 13.0. The maximum absolute atomic E-state index is 11.0. The lowest BCUT2D eigenvalue weighted by Gasteiger charge is -2.07. The molecule has 0 saturated carbocycles. The summed E-state index contributed by atoms with van der Waals surface area (Å²) in [6, 6.07) is 12.6. The van der Waals surface area contributed by atoms with Crippen molar-refractivity contribution < 1.29 is 9.53 Å². The fourth-order valence-electron chi connectivity index (χ4n) is 1.37. The highest BCUT2D eigenvalue weighted by Gasteiger charge is 2.13. The Morgan fingerprint density at radius 1 is 1.17 bits per heavy atom. The van der Waals surface area contributed by atoms with Crippen LogP contribution in [0.1, 0.15) is 18.5 Å². The second-order valence-corrected chi connectivity index (χ2v) is 3.84. The molecule has 1 heterocycles. The minimum absolute atomic E-state index is 0.377. The van der Waals surface area contributed by atoms with Gasteiger partial charge in [-0.25, -0.2) is 0 Å². The summed E-state index contributed by atoms with van der Waals surface area (Å²) >= 11 is 0. The Balaban J connectivity index is 2.11. The van der Waals surface area contributed by atoms with E-state index < -0.39 is 11.8 Å². The molecule has 0 aliphatic carbocycles. The summed E-state index contributed by atoms with van der Waals surface area (Å²) in [4.78, 5) is 11.0. The van der Waals surface area contributed by atoms with Crippen LogP contribution in [-0.2, 0) is 4.79 Å². The van der Waals surface area contributed by atoms with Crippen molar-refractivity contribution in [3.8, 4) is 11.6 Å². The molecule has 2 N–H and O–H groups in total. The number of hydrogen-bond donors (Lipinski definition) is 1. The average Bonchev–Trinajstić information content (AvgIpc) is 2.40. The Hall–Kier alpha value is -2.43. The van der Waals surface area contributed by atoms with Crippen LogP contribution in [0.3, 0.4) is 0 Å². The van der Waals surface area contributed by atoms with Gasteiger partial charge in [0, 0.05) is 6.07 Å². The molecule has 1 aromatic carbocycles. The maximum Gasteiger partial charge on any atom is 0.238 e. The first-order chi connectivity index (χ1) is 8.66. The van der Waals surface area contributed by atoms with Gasteiger partial charge in [-0.3, -0.25) is 4.79 Å². The Bertz CT molecular complexity index is 526. The highest BCUT2D eigenvalue weighted by atomic mass is 16.5. The van der Waals surface area contributed by atoms with Gasteiger partial charge in [0.15, 0.2) is 0 Å². The minimum atomic E-state index is -0.455. The standard InChI is InChI=1S/C13H13N3O2/c1-9(13(14)17)11-7-8-12(16-15-11)18-10-5-3-2-4-6-10/h2-9H,1H3,(H2,14,17). The van der Waals surface area contributed by atoms with Crippen molar-refractivity contribution >= 4 is 5.91 Å². The zero-order valence-corrected chi connectivity index (χ0v) is 9.91. The molecular formula is C13H13N3O2. The highest BCUT2D eigenvalue weighted by Crippen LogP contribution is 2.19. The van der Waals surface area contributed by atoms with Crippen molar-refractivity contribution in [1.82, 2.24) is 10.2 Å². The molecule has 2 aromatic rings. The van der Waals surface area contributed by atoms with E-state index in [0.717, 1.165) is 0 Å². The SMILES string of the molecule is CC(C(N)=O)c1ccc(Oc2ccccc2)nn1. The molecule has 0 bridgehead atoms. The number of hydrogen-bond acceptors (Lipinski definition) is 4. The van der Waals surface area contributed by atoms with Gasteiger partial charge in [-0.15, -0.1) is 5.10 Å². The van der Waals surface area contributed by atoms with Crippen LogP contribution in [0.4, 0.5) is 0 Å². The van der Waals surface area contributed by atoms with Crippen molar-refractivity contribution in [2.75, 3.05) is 0 Å². The lowest BCUT2D eigenvalue weighted by Crippen LogP contribution is -2.19. The van der Waals surface area contributed by atoms with Gasteiger partial charge in [0.05, 0.1) is 11.6 Å². The van der Waals surface area contributed by atoms with Crippen LogP contribution < -0.4 is 10.5 Å². The second-order valence-electron chi connectivity index (χ2n) is 3.84. The number of primary amides is 1. The van der Waals surface area contributed by atoms with Crippen molar-refractivity contribution in [3.05, 3.63) is 48.2 Å². The summed E-state index contributed by atoms with van der Waals surface area (Å²) in [5.41, 5.74) is 5.72. The lowest BCUT2D eigenvalue weighted by atomic mass is 10.1. The highest BCUT2D eigenvalue weighted by molar-refractivity contribution is 5.80. The number of aromatic nitrogens is 2. The second kappa shape index (κ2) is 5.27. The van der Waals surface area contributed by atoms with Crippen LogP contribution in [0, 0.1) is 0 Å². The minimum Gasteiger partial charge on any atom is -0.438 e. The number of nitrogens with two attached hydrogens (primary N) is 1. The van der Waals surface area contributed by atoms with Gasteiger partial charge < -0.3 is 10.5 Å². The molecule has 18 heavy (non-hydrogen) atoms. The van der Waals surface area contributed by atoms with Crippen molar-refractivity contribution in [3.63, 3.8) is 0 Å².